The molecule has 1 aromatic rings. The number of hydrogen-bond donors (Lipinski definition) is 3. The summed E-state index contributed by atoms with van der Waals surface area (Å²) in [5, 5.41) is 9.62. The Morgan fingerprint density at radius 3 is 2.92 bits per heavy atom. The van der Waals surface area contributed by atoms with Crippen molar-refractivity contribution >= 4 is 23.3 Å². The maximum Gasteiger partial charge on any atom is 0.319 e. The molecule has 0 fully saturated rings. The Bertz CT molecular complexity index is 827. The molecule has 0 aromatic heterocycles. The van der Waals surface area contributed by atoms with E-state index in [0.717, 1.165) is 11.3 Å². The Hall–Kier alpha value is -2.96. The van der Waals surface area contributed by atoms with E-state index < -0.39 is 17.3 Å². The molecule has 0 saturated heterocycles. The number of carbonyl (C=O) groups is 2. The van der Waals surface area contributed by atoms with Crippen molar-refractivity contribution in [2.45, 2.75) is 32.7 Å². The van der Waals surface area contributed by atoms with Crippen molar-refractivity contribution in [3.05, 3.63) is 53.9 Å². The summed E-state index contributed by atoms with van der Waals surface area (Å²) in [5.74, 6) is -0.511. The molecule has 0 radical (unpaired) electrons. The zero-order valence-corrected chi connectivity index (χ0v) is 14.7. The zero-order chi connectivity index (χ0) is 18.7. The molecule has 0 bridgehead atoms. The molecule has 3 N–H and O–H groups in total. The predicted octanol–water partition coefficient (Wildman–Crippen LogP) is 3.10. The summed E-state index contributed by atoms with van der Waals surface area (Å²) in [6, 6.07) is 5.09. The van der Waals surface area contributed by atoms with Crippen molar-refractivity contribution in [2.75, 3.05) is 5.32 Å². The molecule has 136 valence electrons. The van der Waals surface area contributed by atoms with Crippen molar-refractivity contribution in [2.24, 2.45) is 10.5 Å². The van der Waals surface area contributed by atoms with Crippen LogP contribution < -0.4 is 16.1 Å². The fourth-order valence-electron chi connectivity index (χ4n) is 2.89. The molecule has 1 unspecified atom stereocenters. The van der Waals surface area contributed by atoms with Crippen molar-refractivity contribution in [1.29, 1.82) is 0 Å². The van der Waals surface area contributed by atoms with Crippen molar-refractivity contribution in [3.8, 4) is 0 Å². The van der Waals surface area contributed by atoms with Gasteiger partial charge in [0.1, 0.15) is 5.82 Å². The van der Waals surface area contributed by atoms with Crippen LogP contribution in [0.25, 0.3) is 0 Å². The van der Waals surface area contributed by atoms with Crippen LogP contribution >= 0.6 is 0 Å². The van der Waals surface area contributed by atoms with E-state index in [9.17, 15) is 14.0 Å². The second-order valence-corrected chi connectivity index (χ2v) is 7.06. The molecule has 26 heavy (non-hydrogen) atoms. The first kappa shape index (κ1) is 17.8. The third-order valence-corrected chi connectivity index (χ3v) is 4.37. The van der Waals surface area contributed by atoms with Crippen LogP contribution in [0.4, 0.5) is 14.9 Å². The van der Waals surface area contributed by atoms with Crippen LogP contribution in [0, 0.1) is 11.2 Å². The number of carbonyl (C=O) groups excluding carboxylic acids is 2. The SMILES string of the molecule is CC1(C)CC(C2=CC=CC(NC(=O)Nc3cccc(F)c3)C2)=NNC1=O. The van der Waals surface area contributed by atoms with Gasteiger partial charge in [0.05, 0.1) is 17.2 Å². The van der Waals surface area contributed by atoms with E-state index in [1.54, 1.807) is 6.07 Å². The summed E-state index contributed by atoms with van der Waals surface area (Å²) in [5.41, 5.74) is 4.22. The monoisotopic (exact) mass is 356 g/mol. The topological polar surface area (TPSA) is 82.6 Å². The summed E-state index contributed by atoms with van der Waals surface area (Å²) in [6.45, 7) is 3.75. The quantitative estimate of drug-likeness (QED) is 0.778. The van der Waals surface area contributed by atoms with E-state index in [1.807, 2.05) is 32.1 Å². The van der Waals surface area contributed by atoms with E-state index in [1.165, 1.54) is 18.2 Å². The first-order chi connectivity index (χ1) is 12.3. The molecule has 1 heterocycles. The van der Waals surface area contributed by atoms with Gasteiger partial charge in [0, 0.05) is 12.1 Å². The number of hydrazone groups is 1. The molecule has 0 spiro atoms. The highest BCUT2D eigenvalue weighted by atomic mass is 19.1. The molecule has 1 aliphatic heterocycles. The van der Waals surface area contributed by atoms with E-state index >= 15 is 0 Å². The normalized spacial score (nSPS) is 21.3. The fourth-order valence-corrected chi connectivity index (χ4v) is 2.89. The van der Waals surface area contributed by atoms with Crippen molar-refractivity contribution < 1.29 is 14.0 Å². The molecular weight excluding hydrogens is 335 g/mol. The largest absolute Gasteiger partial charge is 0.331 e. The van der Waals surface area contributed by atoms with Gasteiger partial charge in [0.15, 0.2) is 0 Å². The molecule has 6 nitrogen and oxygen atoms in total. The molecule has 1 aromatic carbocycles. The Balaban J connectivity index is 1.60. The van der Waals surface area contributed by atoms with Gasteiger partial charge in [-0.3, -0.25) is 4.79 Å². The average Bonchev–Trinajstić information content (AvgIpc) is 2.57. The molecule has 3 amide bonds. The number of allylic oxidation sites excluding steroid dienone is 2. The molecule has 0 saturated carbocycles. The standard InChI is InChI=1S/C19H21FN4O2/c1-19(2)11-16(23-24-17(19)25)12-5-3-7-14(9-12)21-18(26)22-15-8-4-6-13(20)10-15/h3-8,10,14H,9,11H2,1-2H3,(H,24,25)(H2,21,22,26). The summed E-state index contributed by atoms with van der Waals surface area (Å²) in [6.07, 6.45) is 6.79. The minimum absolute atomic E-state index is 0.0997. The maximum atomic E-state index is 13.2. The summed E-state index contributed by atoms with van der Waals surface area (Å²) in [4.78, 5) is 23.9. The maximum absolute atomic E-state index is 13.2. The van der Waals surface area contributed by atoms with Gasteiger partial charge in [-0.1, -0.05) is 38.1 Å². The highest BCUT2D eigenvalue weighted by Crippen LogP contribution is 2.28. The average molecular weight is 356 g/mol. The zero-order valence-electron chi connectivity index (χ0n) is 14.7. The first-order valence-corrected chi connectivity index (χ1v) is 8.41. The number of nitrogens with zero attached hydrogens (tertiary/aromatic N) is 1. The van der Waals surface area contributed by atoms with Gasteiger partial charge in [0.25, 0.3) is 0 Å². The van der Waals surface area contributed by atoms with E-state index in [0.29, 0.717) is 18.5 Å². The highest BCUT2D eigenvalue weighted by Gasteiger charge is 2.34. The number of halogens is 1. The Labute approximate surface area is 151 Å². The van der Waals surface area contributed by atoms with Crippen molar-refractivity contribution in [1.82, 2.24) is 10.7 Å². The first-order valence-electron chi connectivity index (χ1n) is 8.41. The number of anilines is 1. The molecule has 3 rings (SSSR count). The third-order valence-electron chi connectivity index (χ3n) is 4.37. The van der Waals surface area contributed by atoms with E-state index in [-0.39, 0.29) is 11.9 Å². The van der Waals surface area contributed by atoms with Crippen LogP contribution in [0.2, 0.25) is 0 Å². The lowest BCUT2D eigenvalue weighted by Crippen LogP contribution is -2.42. The van der Waals surface area contributed by atoms with Gasteiger partial charge >= 0.3 is 6.03 Å². The lowest BCUT2D eigenvalue weighted by molar-refractivity contribution is -0.129. The molecule has 1 aliphatic carbocycles. The Morgan fingerprint density at radius 1 is 1.38 bits per heavy atom. The molecule has 1 atom stereocenters. The van der Waals surface area contributed by atoms with Crippen LogP contribution in [-0.2, 0) is 4.79 Å². The predicted molar refractivity (Wildman–Crippen MR) is 98.2 cm³/mol. The minimum atomic E-state index is -0.517. The number of nitrogens with one attached hydrogen (secondary N) is 3. The van der Waals surface area contributed by atoms with Crippen LogP contribution in [0.3, 0.4) is 0 Å². The van der Waals surface area contributed by atoms with Crippen LogP contribution in [-0.4, -0.2) is 23.7 Å². The highest BCUT2D eigenvalue weighted by molar-refractivity contribution is 6.06. The van der Waals surface area contributed by atoms with Crippen LogP contribution in [0.5, 0.6) is 0 Å². The molecule has 2 aliphatic rings. The van der Waals surface area contributed by atoms with Gasteiger partial charge in [0.2, 0.25) is 5.91 Å². The second kappa shape index (κ2) is 7.11. The molecule has 7 heteroatoms. The van der Waals surface area contributed by atoms with Gasteiger partial charge in [-0.05, 0) is 30.2 Å². The molecular formula is C19H21FN4O2. The summed E-state index contributed by atoms with van der Waals surface area (Å²) < 4.78 is 13.2. The van der Waals surface area contributed by atoms with E-state index in [2.05, 4.69) is 21.2 Å². The van der Waals surface area contributed by atoms with Gasteiger partial charge in [-0.25, -0.2) is 14.6 Å². The summed E-state index contributed by atoms with van der Waals surface area (Å²) in [7, 11) is 0. The van der Waals surface area contributed by atoms with Crippen molar-refractivity contribution in [3.63, 3.8) is 0 Å². The van der Waals surface area contributed by atoms with E-state index in [4.69, 9.17) is 0 Å². The Morgan fingerprint density at radius 2 is 2.19 bits per heavy atom. The Kier molecular flexibility index (Phi) is 4.88. The van der Waals surface area contributed by atoms with Crippen LogP contribution in [0.1, 0.15) is 26.7 Å². The van der Waals surface area contributed by atoms with Crippen LogP contribution in [0.15, 0.2) is 53.2 Å². The third kappa shape index (κ3) is 4.17. The van der Waals surface area contributed by atoms with Gasteiger partial charge in [-0.15, -0.1) is 0 Å². The lowest BCUT2D eigenvalue weighted by atomic mass is 9.81. The summed E-state index contributed by atoms with van der Waals surface area (Å²) >= 11 is 0. The minimum Gasteiger partial charge on any atom is -0.331 e. The van der Waals surface area contributed by atoms with Gasteiger partial charge in [-0.2, -0.15) is 5.10 Å². The lowest BCUT2D eigenvalue weighted by Gasteiger charge is -2.30. The number of hydrogen-bond acceptors (Lipinski definition) is 3. The number of urea groups is 1. The second-order valence-electron chi connectivity index (χ2n) is 7.06. The fraction of sp³-hybridized carbons (Fsp3) is 0.316. The number of rotatable bonds is 3. The van der Waals surface area contributed by atoms with Gasteiger partial charge < -0.3 is 10.6 Å². The number of benzene rings is 1. The number of amides is 3. The smallest absolute Gasteiger partial charge is 0.319 e.